The summed E-state index contributed by atoms with van der Waals surface area (Å²) in [4.78, 5) is 2.33. The molecule has 4 aromatic carbocycles. The molecule has 170 valence electrons. The fraction of sp³-hybridized carbons (Fsp3) is 0.185. The number of nitrogens with zero attached hydrogens (tertiary/aromatic N) is 2. The highest BCUT2D eigenvalue weighted by molar-refractivity contribution is 7.92. The van der Waals surface area contributed by atoms with Crippen LogP contribution in [0.4, 0.5) is 5.69 Å². The van der Waals surface area contributed by atoms with Crippen LogP contribution >= 0.6 is 11.6 Å². The third kappa shape index (κ3) is 5.22. The normalized spacial score (nSPS) is 12.7. The largest absolute Gasteiger partial charge is 0.309 e. The lowest BCUT2D eigenvalue weighted by Crippen LogP contribution is -2.36. The van der Waals surface area contributed by atoms with Gasteiger partial charge in [0.15, 0.2) is 0 Å². The zero-order valence-corrected chi connectivity index (χ0v) is 20.3. The predicted molar refractivity (Wildman–Crippen MR) is 137 cm³/mol. The Kier molecular flexibility index (Phi) is 7.03. The third-order valence-corrected chi connectivity index (χ3v) is 7.78. The molecule has 0 aliphatic rings. The molecule has 0 N–H and O–H groups in total. The molecule has 0 aliphatic carbocycles. The van der Waals surface area contributed by atoms with Crippen molar-refractivity contribution in [1.29, 1.82) is 0 Å². The second-order valence-corrected chi connectivity index (χ2v) is 10.6. The Balaban J connectivity index is 1.92. The Bertz CT molecular complexity index is 1320. The number of benzene rings is 4. The maximum absolute atomic E-state index is 14.1. The molecule has 0 fully saturated rings. The van der Waals surface area contributed by atoms with Crippen molar-refractivity contribution in [2.75, 3.05) is 24.9 Å². The summed E-state index contributed by atoms with van der Waals surface area (Å²) in [6.07, 6.45) is 0.619. The van der Waals surface area contributed by atoms with E-state index in [-0.39, 0.29) is 4.90 Å². The highest BCUT2D eigenvalue weighted by Crippen LogP contribution is 2.37. The van der Waals surface area contributed by atoms with E-state index in [0.29, 0.717) is 17.1 Å². The molecule has 0 saturated heterocycles. The third-order valence-electron chi connectivity index (χ3n) is 5.68. The monoisotopic (exact) mass is 478 g/mol. The van der Waals surface area contributed by atoms with Crippen molar-refractivity contribution in [2.24, 2.45) is 0 Å². The van der Waals surface area contributed by atoms with Crippen molar-refractivity contribution in [3.63, 3.8) is 0 Å². The average molecular weight is 479 g/mol. The number of rotatable bonds is 8. The van der Waals surface area contributed by atoms with Crippen LogP contribution < -0.4 is 4.31 Å². The summed E-state index contributed by atoms with van der Waals surface area (Å²) < 4.78 is 29.7. The number of hydrogen-bond donors (Lipinski definition) is 0. The topological polar surface area (TPSA) is 40.6 Å². The van der Waals surface area contributed by atoms with Gasteiger partial charge in [0.05, 0.1) is 16.6 Å². The summed E-state index contributed by atoms with van der Waals surface area (Å²) in [6, 6.07) is 29.5. The maximum Gasteiger partial charge on any atom is 0.264 e. The van der Waals surface area contributed by atoms with Crippen molar-refractivity contribution in [3.8, 4) is 0 Å². The minimum absolute atomic E-state index is 0.266. The van der Waals surface area contributed by atoms with E-state index in [0.717, 1.165) is 22.9 Å². The minimum atomic E-state index is -3.85. The van der Waals surface area contributed by atoms with Crippen molar-refractivity contribution in [2.45, 2.75) is 17.4 Å². The van der Waals surface area contributed by atoms with Gasteiger partial charge in [-0.05, 0) is 79.8 Å². The first-order valence-corrected chi connectivity index (χ1v) is 12.7. The van der Waals surface area contributed by atoms with Crippen LogP contribution in [0.25, 0.3) is 10.8 Å². The molecule has 0 radical (unpaired) electrons. The molecular formula is C27H27ClN2O2S. The van der Waals surface area contributed by atoms with Crippen LogP contribution in [-0.4, -0.2) is 34.0 Å². The maximum atomic E-state index is 14.1. The first-order chi connectivity index (χ1) is 15.9. The van der Waals surface area contributed by atoms with Crippen molar-refractivity contribution < 1.29 is 8.42 Å². The average Bonchev–Trinajstić information content (AvgIpc) is 2.82. The molecule has 1 atom stereocenters. The van der Waals surface area contributed by atoms with Gasteiger partial charge in [-0.25, -0.2) is 8.42 Å². The van der Waals surface area contributed by atoms with E-state index in [1.165, 1.54) is 0 Å². The molecule has 4 rings (SSSR count). The zero-order valence-electron chi connectivity index (χ0n) is 18.7. The Morgan fingerprint density at radius 1 is 0.788 bits per heavy atom. The van der Waals surface area contributed by atoms with Gasteiger partial charge in [-0.2, -0.15) is 0 Å². The van der Waals surface area contributed by atoms with Crippen LogP contribution in [0.15, 0.2) is 102 Å². The highest BCUT2D eigenvalue weighted by Gasteiger charge is 2.33. The number of anilines is 1. The van der Waals surface area contributed by atoms with E-state index in [1.807, 2.05) is 86.9 Å². The van der Waals surface area contributed by atoms with Gasteiger partial charge < -0.3 is 4.90 Å². The van der Waals surface area contributed by atoms with Crippen LogP contribution in [0.3, 0.4) is 0 Å². The first-order valence-electron chi connectivity index (χ1n) is 10.8. The standard InChI is InChI=1S/C27H27ClN2O2S/c1-29(2)19-18-27(22-12-15-24(28)16-13-22)30(33(31,32)26-10-4-3-5-11-26)25-17-14-21-8-6-7-9-23(21)20-25/h3-17,20,27H,18-19H2,1-2H3. The quantitative estimate of drug-likeness (QED) is 0.295. The van der Waals surface area contributed by atoms with Crippen molar-refractivity contribution >= 4 is 38.1 Å². The van der Waals surface area contributed by atoms with Crippen LogP contribution in [0.1, 0.15) is 18.0 Å². The molecule has 0 amide bonds. The summed E-state index contributed by atoms with van der Waals surface area (Å²) in [5.74, 6) is 0. The molecule has 0 aromatic heterocycles. The van der Waals surface area contributed by atoms with Gasteiger partial charge in [-0.1, -0.05) is 72.3 Å². The fourth-order valence-electron chi connectivity index (χ4n) is 3.99. The lowest BCUT2D eigenvalue weighted by Gasteiger charge is -2.34. The molecular weight excluding hydrogens is 452 g/mol. The van der Waals surface area contributed by atoms with E-state index in [9.17, 15) is 8.42 Å². The first kappa shape index (κ1) is 23.3. The Morgan fingerprint density at radius 2 is 1.42 bits per heavy atom. The molecule has 33 heavy (non-hydrogen) atoms. The van der Waals surface area contributed by atoms with Crippen LogP contribution in [0.5, 0.6) is 0 Å². The molecule has 1 unspecified atom stereocenters. The van der Waals surface area contributed by atoms with Crippen LogP contribution in [0.2, 0.25) is 5.02 Å². The molecule has 4 nitrogen and oxygen atoms in total. The molecule has 6 heteroatoms. The number of fused-ring (bicyclic) bond motifs is 1. The van der Waals surface area contributed by atoms with E-state index in [4.69, 9.17) is 11.6 Å². The predicted octanol–water partition coefficient (Wildman–Crippen LogP) is 6.38. The van der Waals surface area contributed by atoms with Crippen LogP contribution in [-0.2, 0) is 10.0 Å². The second-order valence-electron chi connectivity index (χ2n) is 8.30. The molecule has 0 spiro atoms. The van der Waals surface area contributed by atoms with Gasteiger partial charge in [0, 0.05) is 5.02 Å². The Morgan fingerprint density at radius 3 is 2.09 bits per heavy atom. The van der Waals surface area contributed by atoms with Gasteiger partial charge >= 0.3 is 0 Å². The van der Waals surface area contributed by atoms with E-state index < -0.39 is 16.1 Å². The van der Waals surface area contributed by atoms with E-state index >= 15 is 0 Å². The smallest absolute Gasteiger partial charge is 0.264 e. The SMILES string of the molecule is CN(C)CCC(c1ccc(Cl)cc1)N(c1ccc2ccccc2c1)S(=O)(=O)c1ccccc1. The summed E-state index contributed by atoms with van der Waals surface area (Å²) in [7, 11) is 0.136. The molecule has 0 heterocycles. The van der Waals surface area contributed by atoms with Gasteiger partial charge in [0.1, 0.15) is 0 Å². The molecule has 0 saturated carbocycles. The van der Waals surface area contributed by atoms with Gasteiger partial charge in [-0.3, -0.25) is 4.31 Å². The summed E-state index contributed by atoms with van der Waals surface area (Å²) >= 11 is 6.15. The molecule has 0 bridgehead atoms. The Hall–Kier alpha value is -2.86. The number of halogens is 1. The molecule has 4 aromatic rings. The number of hydrogen-bond acceptors (Lipinski definition) is 3. The number of sulfonamides is 1. The Labute approximate surface area is 201 Å². The van der Waals surface area contributed by atoms with Crippen LogP contribution in [0, 0.1) is 0 Å². The van der Waals surface area contributed by atoms with E-state index in [2.05, 4.69) is 4.90 Å². The van der Waals surface area contributed by atoms with E-state index in [1.54, 1.807) is 28.6 Å². The molecule has 0 aliphatic heterocycles. The zero-order chi connectivity index (χ0) is 23.4. The van der Waals surface area contributed by atoms with Crippen molar-refractivity contribution in [1.82, 2.24) is 4.90 Å². The minimum Gasteiger partial charge on any atom is -0.309 e. The lowest BCUT2D eigenvalue weighted by atomic mass is 10.0. The summed E-state index contributed by atoms with van der Waals surface area (Å²) in [5, 5.41) is 2.67. The fourth-order valence-corrected chi connectivity index (χ4v) is 5.80. The van der Waals surface area contributed by atoms with Gasteiger partial charge in [0.25, 0.3) is 10.0 Å². The van der Waals surface area contributed by atoms with Gasteiger partial charge in [0.2, 0.25) is 0 Å². The van der Waals surface area contributed by atoms with Crippen molar-refractivity contribution in [3.05, 3.63) is 108 Å². The second kappa shape index (κ2) is 9.96. The van der Waals surface area contributed by atoms with Gasteiger partial charge in [-0.15, -0.1) is 0 Å². The highest BCUT2D eigenvalue weighted by atomic mass is 35.5. The lowest BCUT2D eigenvalue weighted by molar-refractivity contribution is 0.382. The summed E-state index contributed by atoms with van der Waals surface area (Å²) in [5.41, 5.74) is 1.53. The summed E-state index contributed by atoms with van der Waals surface area (Å²) in [6.45, 7) is 0.724.